The summed E-state index contributed by atoms with van der Waals surface area (Å²) in [6, 6.07) is 6.37. The van der Waals surface area contributed by atoms with E-state index in [1.807, 2.05) is 19.1 Å². The van der Waals surface area contributed by atoms with Crippen LogP contribution in [0.15, 0.2) is 22.7 Å². The van der Waals surface area contributed by atoms with E-state index >= 15 is 0 Å². The maximum absolute atomic E-state index is 5.78. The summed E-state index contributed by atoms with van der Waals surface area (Å²) in [4.78, 5) is 0. The molecule has 1 N–H and O–H groups in total. The summed E-state index contributed by atoms with van der Waals surface area (Å²) in [6.45, 7) is 9.10. The molecule has 0 fully saturated rings. The van der Waals surface area contributed by atoms with Crippen molar-refractivity contribution in [2.75, 3.05) is 26.4 Å². The van der Waals surface area contributed by atoms with Crippen molar-refractivity contribution in [2.24, 2.45) is 0 Å². The number of rotatable bonds is 8. The van der Waals surface area contributed by atoms with Crippen LogP contribution >= 0.6 is 15.9 Å². The number of hydrogen-bond acceptors (Lipinski definition) is 3. The van der Waals surface area contributed by atoms with Gasteiger partial charge in [-0.2, -0.15) is 0 Å². The highest BCUT2D eigenvalue weighted by atomic mass is 79.9. The third-order valence-corrected chi connectivity index (χ3v) is 3.13. The van der Waals surface area contributed by atoms with Gasteiger partial charge in [0.15, 0.2) is 0 Å². The average molecular weight is 316 g/mol. The van der Waals surface area contributed by atoms with Crippen LogP contribution in [-0.4, -0.2) is 26.4 Å². The highest BCUT2D eigenvalue weighted by Gasteiger charge is 2.11. The molecule has 18 heavy (non-hydrogen) atoms. The smallest absolute Gasteiger partial charge is 0.124 e. The van der Waals surface area contributed by atoms with Crippen LogP contribution < -0.4 is 10.1 Å². The van der Waals surface area contributed by atoms with E-state index in [1.165, 1.54) is 5.56 Å². The minimum absolute atomic E-state index is 0.273. The number of halogens is 1. The molecule has 0 aliphatic carbocycles. The zero-order valence-corrected chi connectivity index (χ0v) is 12.9. The molecule has 1 unspecified atom stereocenters. The van der Waals surface area contributed by atoms with E-state index in [0.717, 1.165) is 23.4 Å². The summed E-state index contributed by atoms with van der Waals surface area (Å²) in [7, 11) is 0. The first-order valence-electron chi connectivity index (χ1n) is 6.42. The first kappa shape index (κ1) is 15.5. The minimum Gasteiger partial charge on any atom is -0.491 e. The molecule has 0 aromatic heterocycles. The Kier molecular flexibility index (Phi) is 7.32. The van der Waals surface area contributed by atoms with Gasteiger partial charge in [0.05, 0.1) is 6.61 Å². The molecule has 0 amide bonds. The molecule has 1 aromatic rings. The Labute approximate surface area is 118 Å². The van der Waals surface area contributed by atoms with Crippen LogP contribution in [-0.2, 0) is 4.74 Å². The molecule has 0 aliphatic rings. The Balaban J connectivity index is 2.70. The molecule has 3 nitrogen and oxygen atoms in total. The Morgan fingerprint density at radius 1 is 1.28 bits per heavy atom. The van der Waals surface area contributed by atoms with Gasteiger partial charge in [0.1, 0.15) is 12.4 Å². The van der Waals surface area contributed by atoms with Crippen LogP contribution in [0.25, 0.3) is 0 Å². The van der Waals surface area contributed by atoms with Gasteiger partial charge >= 0.3 is 0 Å². The highest BCUT2D eigenvalue weighted by molar-refractivity contribution is 9.10. The molecule has 1 atom stereocenters. The Bertz CT molecular complexity index is 358. The van der Waals surface area contributed by atoms with Gasteiger partial charge in [0.2, 0.25) is 0 Å². The molecule has 0 saturated heterocycles. The monoisotopic (exact) mass is 315 g/mol. The predicted molar refractivity (Wildman–Crippen MR) is 78.2 cm³/mol. The Morgan fingerprint density at radius 2 is 2.06 bits per heavy atom. The fourth-order valence-electron chi connectivity index (χ4n) is 1.76. The summed E-state index contributed by atoms with van der Waals surface area (Å²) in [5, 5.41) is 3.40. The van der Waals surface area contributed by atoms with Crippen LogP contribution in [0, 0.1) is 0 Å². The molecule has 0 aliphatic heterocycles. The Hall–Kier alpha value is -0.580. The minimum atomic E-state index is 0.273. The van der Waals surface area contributed by atoms with Crippen LogP contribution in [0.2, 0.25) is 0 Å². The molecule has 0 saturated carbocycles. The van der Waals surface area contributed by atoms with Crippen molar-refractivity contribution >= 4 is 15.9 Å². The fraction of sp³-hybridized carbons (Fsp3) is 0.571. The molecule has 0 radical (unpaired) electrons. The maximum atomic E-state index is 5.78. The third-order valence-electron chi connectivity index (χ3n) is 2.64. The predicted octanol–water partition coefficient (Wildman–Crippen LogP) is 3.53. The Morgan fingerprint density at radius 3 is 2.72 bits per heavy atom. The molecule has 4 heteroatoms. The molecule has 0 heterocycles. The fourth-order valence-corrected chi connectivity index (χ4v) is 2.14. The van der Waals surface area contributed by atoms with Crippen molar-refractivity contribution in [3.63, 3.8) is 0 Å². The van der Waals surface area contributed by atoms with E-state index in [-0.39, 0.29) is 6.04 Å². The van der Waals surface area contributed by atoms with E-state index in [1.54, 1.807) is 0 Å². The van der Waals surface area contributed by atoms with Crippen molar-refractivity contribution in [1.82, 2.24) is 5.32 Å². The molecule has 0 bridgehead atoms. The van der Waals surface area contributed by atoms with Gasteiger partial charge in [-0.1, -0.05) is 22.9 Å². The second-order valence-electron chi connectivity index (χ2n) is 4.01. The van der Waals surface area contributed by atoms with Crippen LogP contribution in [0.1, 0.15) is 32.4 Å². The molecule has 102 valence electrons. The average Bonchev–Trinajstić information content (AvgIpc) is 2.36. The van der Waals surface area contributed by atoms with Crippen molar-refractivity contribution in [3.8, 4) is 5.75 Å². The number of ether oxygens (including phenoxy) is 2. The van der Waals surface area contributed by atoms with Crippen molar-refractivity contribution in [1.29, 1.82) is 0 Å². The standard InChI is InChI=1S/C14H22BrNO2/c1-4-16-11(3)13-10-12(15)6-7-14(13)18-9-8-17-5-2/h6-7,10-11,16H,4-5,8-9H2,1-3H3. The lowest BCUT2D eigenvalue weighted by atomic mass is 10.1. The number of benzene rings is 1. The molecule has 1 aromatic carbocycles. The second-order valence-corrected chi connectivity index (χ2v) is 4.92. The topological polar surface area (TPSA) is 30.5 Å². The van der Waals surface area contributed by atoms with Gasteiger partial charge in [0, 0.05) is 22.7 Å². The lowest BCUT2D eigenvalue weighted by Gasteiger charge is -2.18. The SMILES string of the molecule is CCNC(C)c1cc(Br)ccc1OCCOCC. The van der Waals surface area contributed by atoms with E-state index < -0.39 is 0 Å². The normalized spacial score (nSPS) is 12.4. The summed E-state index contributed by atoms with van der Waals surface area (Å²) in [6.07, 6.45) is 0. The molecule has 1 rings (SSSR count). The van der Waals surface area contributed by atoms with E-state index in [4.69, 9.17) is 9.47 Å². The van der Waals surface area contributed by atoms with Gasteiger partial charge in [-0.3, -0.25) is 0 Å². The van der Waals surface area contributed by atoms with Crippen molar-refractivity contribution in [3.05, 3.63) is 28.2 Å². The zero-order chi connectivity index (χ0) is 13.4. The lowest BCUT2D eigenvalue weighted by Crippen LogP contribution is -2.19. The zero-order valence-electron chi connectivity index (χ0n) is 11.3. The van der Waals surface area contributed by atoms with Crippen molar-refractivity contribution in [2.45, 2.75) is 26.8 Å². The quantitative estimate of drug-likeness (QED) is 0.744. The summed E-state index contributed by atoms with van der Waals surface area (Å²) in [5.74, 6) is 0.923. The van der Waals surface area contributed by atoms with E-state index in [0.29, 0.717) is 13.2 Å². The lowest BCUT2D eigenvalue weighted by molar-refractivity contribution is 0.109. The van der Waals surface area contributed by atoms with E-state index in [9.17, 15) is 0 Å². The van der Waals surface area contributed by atoms with Crippen molar-refractivity contribution < 1.29 is 9.47 Å². The molecular formula is C14H22BrNO2. The van der Waals surface area contributed by atoms with Gasteiger partial charge < -0.3 is 14.8 Å². The van der Waals surface area contributed by atoms with Crippen LogP contribution in [0.5, 0.6) is 5.75 Å². The maximum Gasteiger partial charge on any atom is 0.124 e. The molecule has 0 spiro atoms. The molecular weight excluding hydrogens is 294 g/mol. The van der Waals surface area contributed by atoms with Gasteiger partial charge in [-0.05, 0) is 38.6 Å². The second kappa shape index (κ2) is 8.51. The first-order chi connectivity index (χ1) is 8.69. The summed E-state index contributed by atoms with van der Waals surface area (Å²) < 4.78 is 12.1. The third kappa shape index (κ3) is 4.96. The number of hydrogen-bond donors (Lipinski definition) is 1. The van der Waals surface area contributed by atoms with Gasteiger partial charge in [-0.15, -0.1) is 0 Å². The summed E-state index contributed by atoms with van der Waals surface area (Å²) >= 11 is 3.50. The highest BCUT2D eigenvalue weighted by Crippen LogP contribution is 2.28. The number of nitrogens with one attached hydrogen (secondary N) is 1. The largest absolute Gasteiger partial charge is 0.491 e. The van der Waals surface area contributed by atoms with Crippen LogP contribution in [0.3, 0.4) is 0 Å². The first-order valence-corrected chi connectivity index (χ1v) is 7.21. The summed E-state index contributed by atoms with van der Waals surface area (Å²) in [5.41, 5.74) is 1.17. The van der Waals surface area contributed by atoms with E-state index in [2.05, 4.69) is 41.2 Å². The van der Waals surface area contributed by atoms with Crippen LogP contribution in [0.4, 0.5) is 0 Å². The van der Waals surface area contributed by atoms with Gasteiger partial charge in [-0.25, -0.2) is 0 Å². The van der Waals surface area contributed by atoms with Gasteiger partial charge in [0.25, 0.3) is 0 Å².